The Hall–Kier alpha value is -5.85. The van der Waals surface area contributed by atoms with E-state index in [0.29, 0.717) is 12.1 Å². The van der Waals surface area contributed by atoms with Gasteiger partial charge in [0.2, 0.25) is 17.8 Å². The summed E-state index contributed by atoms with van der Waals surface area (Å²) in [4.78, 5) is 39.2. The number of esters is 3. The van der Waals surface area contributed by atoms with Crippen molar-refractivity contribution in [1.82, 2.24) is 0 Å². The van der Waals surface area contributed by atoms with Gasteiger partial charge in [0.15, 0.2) is 52.5 Å². The minimum Gasteiger partial charge on any atom is -0.504 e. The molecular formula is C27H22O18. The second-order valence-electron chi connectivity index (χ2n) is 9.79. The van der Waals surface area contributed by atoms with Crippen molar-refractivity contribution >= 4 is 17.9 Å². The number of benzene rings is 3. The molecule has 45 heavy (non-hydrogen) atoms. The number of fused-ring (bicyclic) bond motifs is 5. The summed E-state index contributed by atoms with van der Waals surface area (Å²) >= 11 is 0. The van der Waals surface area contributed by atoms with E-state index in [4.69, 9.17) is 18.9 Å². The highest BCUT2D eigenvalue weighted by Crippen LogP contribution is 2.53. The third-order valence-corrected chi connectivity index (χ3v) is 6.99. The van der Waals surface area contributed by atoms with Crippen molar-refractivity contribution in [3.8, 4) is 62.9 Å². The first kappa shape index (κ1) is 30.6. The molecule has 2 heterocycles. The lowest BCUT2D eigenvalue weighted by Gasteiger charge is -2.41. The SMILES string of the molecule is O=C(OC[C@H]1O[C@H]2OC(=O)c3cc(O)c(O)c(O)c3-c3c(cc(O)c(O)c3O)C(=O)O[C@H]([C@H]2O)[C@@H]1O)c1cc(O)c(O)c(O)c1. The molecular weight excluding hydrogens is 612 g/mol. The largest absolute Gasteiger partial charge is 0.504 e. The summed E-state index contributed by atoms with van der Waals surface area (Å²) < 4.78 is 20.8. The van der Waals surface area contributed by atoms with Crippen molar-refractivity contribution in [2.24, 2.45) is 0 Å². The van der Waals surface area contributed by atoms with Gasteiger partial charge in [-0.25, -0.2) is 14.4 Å². The standard InChI is InChI=1S/C27H22O18/c28-9-1-6(2-10(29)16(9)32)24(39)42-5-13-19(35)23-22(38)27(43-13)45-26(41)8-4-12(31)18(34)21(37)15(8)14-7(25(40)44-23)3-11(30)17(33)20(14)36/h1-4,13,19,22-23,27-38H,5H2/t13-,19-,22-,23+,27+/m1/s1. The second kappa shape index (κ2) is 11.0. The van der Waals surface area contributed by atoms with E-state index < -0.39 is 135 Å². The van der Waals surface area contributed by atoms with Crippen molar-refractivity contribution < 1.29 is 89.5 Å². The minimum absolute atomic E-state index is 0.469. The number of rotatable bonds is 3. The number of ether oxygens (including phenoxy) is 4. The molecule has 2 aliphatic rings. The molecule has 11 N–H and O–H groups in total. The summed E-state index contributed by atoms with van der Waals surface area (Å²) in [7, 11) is 0. The maximum Gasteiger partial charge on any atom is 0.341 e. The highest BCUT2D eigenvalue weighted by Gasteiger charge is 2.50. The van der Waals surface area contributed by atoms with Gasteiger partial charge in [0.1, 0.15) is 18.8 Å². The van der Waals surface area contributed by atoms with Gasteiger partial charge in [0.05, 0.1) is 16.7 Å². The van der Waals surface area contributed by atoms with Crippen molar-refractivity contribution in [2.75, 3.05) is 6.61 Å². The Kier molecular flexibility index (Phi) is 7.49. The zero-order valence-corrected chi connectivity index (χ0v) is 22.2. The van der Waals surface area contributed by atoms with Gasteiger partial charge >= 0.3 is 17.9 Å². The van der Waals surface area contributed by atoms with Gasteiger partial charge in [-0.3, -0.25) is 0 Å². The van der Waals surface area contributed by atoms with Gasteiger partial charge in [0.25, 0.3) is 0 Å². The van der Waals surface area contributed by atoms with Crippen molar-refractivity contribution in [3.63, 3.8) is 0 Å². The lowest BCUT2D eigenvalue weighted by atomic mass is 9.92. The van der Waals surface area contributed by atoms with Crippen LogP contribution in [0.5, 0.6) is 51.7 Å². The Bertz CT molecular complexity index is 1730. The van der Waals surface area contributed by atoms with Gasteiger partial charge in [0, 0.05) is 11.1 Å². The molecule has 0 amide bonds. The monoisotopic (exact) mass is 634 g/mol. The summed E-state index contributed by atoms with van der Waals surface area (Å²) in [6.07, 6.45) is -10.2. The van der Waals surface area contributed by atoms with Crippen LogP contribution in [0.4, 0.5) is 0 Å². The first-order chi connectivity index (χ1) is 21.1. The van der Waals surface area contributed by atoms with Crippen LogP contribution in [0.15, 0.2) is 24.3 Å². The second-order valence-corrected chi connectivity index (χ2v) is 9.79. The predicted molar refractivity (Wildman–Crippen MR) is 139 cm³/mol. The highest BCUT2D eigenvalue weighted by molar-refractivity contribution is 6.08. The van der Waals surface area contributed by atoms with Crippen molar-refractivity contribution in [2.45, 2.75) is 30.7 Å². The summed E-state index contributed by atoms with van der Waals surface area (Å²) in [6.45, 7) is -0.907. The molecule has 238 valence electrons. The van der Waals surface area contributed by atoms with Gasteiger partial charge in [-0.05, 0) is 24.3 Å². The number of phenolic OH excluding ortho intramolecular Hbond substituents is 9. The predicted octanol–water partition coefficient (Wildman–Crippen LogP) is -0.297. The Morgan fingerprint density at radius 2 is 1.11 bits per heavy atom. The van der Waals surface area contributed by atoms with Crippen LogP contribution in [0, 0.1) is 0 Å². The van der Waals surface area contributed by atoms with E-state index in [1.807, 2.05) is 0 Å². The maximum atomic E-state index is 13.4. The number of hydrogen-bond donors (Lipinski definition) is 11. The fourth-order valence-corrected chi connectivity index (χ4v) is 4.71. The van der Waals surface area contributed by atoms with Gasteiger partial charge in [-0.15, -0.1) is 0 Å². The van der Waals surface area contributed by atoms with Crippen LogP contribution in [0.2, 0.25) is 0 Å². The number of aliphatic hydroxyl groups is 2. The van der Waals surface area contributed by atoms with Gasteiger partial charge < -0.3 is 75.1 Å². The number of aliphatic hydroxyl groups excluding tert-OH is 2. The average molecular weight is 634 g/mol. The third kappa shape index (κ3) is 5.07. The normalized spacial score (nSPS) is 22.7. The molecule has 0 saturated carbocycles. The lowest BCUT2D eigenvalue weighted by Crippen LogP contribution is -2.61. The van der Waals surface area contributed by atoms with Crippen LogP contribution >= 0.6 is 0 Å². The summed E-state index contributed by atoms with van der Waals surface area (Å²) in [5.74, 6) is -14.3. The van der Waals surface area contributed by atoms with Crippen LogP contribution in [0.25, 0.3) is 11.1 Å². The molecule has 0 aromatic heterocycles. The Morgan fingerprint density at radius 1 is 0.644 bits per heavy atom. The van der Waals surface area contributed by atoms with E-state index >= 15 is 0 Å². The molecule has 2 aliphatic heterocycles. The molecule has 18 heteroatoms. The summed E-state index contributed by atoms with van der Waals surface area (Å²) in [5.41, 5.74) is -4.07. The molecule has 18 nitrogen and oxygen atoms in total. The van der Waals surface area contributed by atoms with Crippen LogP contribution < -0.4 is 0 Å². The first-order valence-corrected chi connectivity index (χ1v) is 12.5. The van der Waals surface area contributed by atoms with Crippen LogP contribution in [-0.2, 0) is 18.9 Å². The number of carbonyl (C=O) groups excluding carboxylic acids is 3. The maximum absolute atomic E-state index is 13.4. The quantitative estimate of drug-likeness (QED) is 0.100. The zero-order chi connectivity index (χ0) is 33.1. The number of phenols is 9. The Balaban J connectivity index is 1.57. The number of carbonyl (C=O) groups is 3. The molecule has 0 radical (unpaired) electrons. The van der Waals surface area contributed by atoms with E-state index in [9.17, 15) is 70.6 Å². The van der Waals surface area contributed by atoms with Gasteiger partial charge in [-0.2, -0.15) is 0 Å². The van der Waals surface area contributed by atoms with E-state index in [2.05, 4.69) is 0 Å². The molecule has 5 atom stereocenters. The van der Waals surface area contributed by atoms with Crippen LogP contribution in [-0.4, -0.2) is 111 Å². The number of aromatic hydroxyl groups is 9. The topological polar surface area (TPSA) is 311 Å². The Labute approximate surface area is 248 Å². The smallest absolute Gasteiger partial charge is 0.341 e. The van der Waals surface area contributed by atoms with Crippen LogP contribution in [0.3, 0.4) is 0 Å². The Morgan fingerprint density at radius 3 is 1.62 bits per heavy atom. The number of hydrogen-bond acceptors (Lipinski definition) is 18. The lowest BCUT2D eigenvalue weighted by molar-refractivity contribution is -0.284. The van der Waals surface area contributed by atoms with E-state index in [1.165, 1.54) is 0 Å². The highest BCUT2D eigenvalue weighted by atomic mass is 16.7. The van der Waals surface area contributed by atoms with Crippen molar-refractivity contribution in [3.05, 3.63) is 41.0 Å². The molecule has 0 unspecified atom stereocenters. The van der Waals surface area contributed by atoms with Crippen molar-refractivity contribution in [1.29, 1.82) is 0 Å². The minimum atomic E-state index is -2.17. The van der Waals surface area contributed by atoms with E-state index in [1.54, 1.807) is 0 Å². The zero-order valence-electron chi connectivity index (χ0n) is 22.2. The molecule has 2 bridgehead atoms. The van der Waals surface area contributed by atoms with E-state index in [-0.39, 0.29) is 0 Å². The molecule has 3 aromatic rings. The fraction of sp³-hybridized carbons (Fsp3) is 0.222. The third-order valence-electron chi connectivity index (χ3n) is 6.99. The molecule has 3 aromatic carbocycles. The van der Waals surface area contributed by atoms with Gasteiger partial charge in [-0.1, -0.05) is 0 Å². The summed E-state index contributed by atoms with van der Waals surface area (Å²) in [6, 6.07) is 2.54. The molecule has 0 spiro atoms. The molecule has 5 rings (SSSR count). The molecule has 0 aliphatic carbocycles. The molecule has 1 fully saturated rings. The van der Waals surface area contributed by atoms with Crippen LogP contribution in [0.1, 0.15) is 31.1 Å². The molecule has 1 saturated heterocycles. The average Bonchev–Trinajstić information content (AvgIpc) is 3.00. The van der Waals surface area contributed by atoms with E-state index in [0.717, 1.165) is 12.1 Å². The fourth-order valence-electron chi connectivity index (χ4n) is 4.71. The first-order valence-electron chi connectivity index (χ1n) is 12.5. The summed E-state index contributed by atoms with van der Waals surface area (Å²) in [5, 5.41) is 112.